The van der Waals surface area contributed by atoms with Crippen molar-refractivity contribution >= 4 is 27.5 Å². The van der Waals surface area contributed by atoms with Gasteiger partial charge in [-0.2, -0.15) is 0 Å². The smallest absolute Gasteiger partial charge is 0.248 e. The van der Waals surface area contributed by atoms with E-state index in [4.69, 9.17) is 4.74 Å². The highest BCUT2D eigenvalue weighted by Gasteiger charge is 2.55. The fourth-order valence-electron chi connectivity index (χ4n) is 6.90. The van der Waals surface area contributed by atoms with Gasteiger partial charge in [0, 0.05) is 31.9 Å². The third-order valence-corrected chi connectivity index (χ3v) is 9.98. The lowest BCUT2D eigenvalue weighted by atomic mass is 9.78. The van der Waals surface area contributed by atoms with E-state index in [9.17, 15) is 23.1 Å². The van der Waals surface area contributed by atoms with Crippen LogP contribution in [0.5, 0.6) is 11.5 Å². The van der Waals surface area contributed by atoms with Crippen LogP contribution in [0.15, 0.2) is 48.5 Å². The van der Waals surface area contributed by atoms with E-state index in [0.29, 0.717) is 49.7 Å². The predicted molar refractivity (Wildman–Crippen MR) is 170 cm³/mol. The number of hydrogen-bond donors (Lipinski definition) is 3. The van der Waals surface area contributed by atoms with Crippen LogP contribution in [0.1, 0.15) is 70.3 Å². The number of amides is 2. The van der Waals surface area contributed by atoms with E-state index >= 15 is 0 Å². The molecule has 2 saturated heterocycles. The van der Waals surface area contributed by atoms with Crippen molar-refractivity contribution in [3.8, 4) is 11.5 Å². The second-order valence-electron chi connectivity index (χ2n) is 12.6. The first-order chi connectivity index (χ1) is 21.1. The number of piperidine rings is 1. The minimum absolute atomic E-state index is 0.0588. The van der Waals surface area contributed by atoms with Crippen molar-refractivity contribution in [3.05, 3.63) is 54.1 Å². The summed E-state index contributed by atoms with van der Waals surface area (Å²) in [7, 11) is -3.34. The van der Waals surface area contributed by atoms with Crippen LogP contribution in [0.2, 0.25) is 0 Å². The molecule has 3 N–H and O–H groups in total. The number of nitrogens with one attached hydrogen (secondary N) is 2. The van der Waals surface area contributed by atoms with Gasteiger partial charge in [-0.1, -0.05) is 44.7 Å². The number of carbonyl (C=O) groups excluding carboxylic acids is 2. The van der Waals surface area contributed by atoms with Gasteiger partial charge in [-0.15, -0.1) is 0 Å². The van der Waals surface area contributed by atoms with E-state index in [0.717, 1.165) is 63.3 Å². The van der Waals surface area contributed by atoms with Crippen LogP contribution in [-0.2, 0) is 26.2 Å². The number of likely N-dealkylation sites (tertiary alicyclic amines) is 1. The summed E-state index contributed by atoms with van der Waals surface area (Å²) in [5.41, 5.74) is 0.720. The molecule has 2 aliphatic heterocycles. The highest BCUT2D eigenvalue weighted by molar-refractivity contribution is 7.92. The maximum Gasteiger partial charge on any atom is 0.248 e. The van der Waals surface area contributed by atoms with E-state index < -0.39 is 27.7 Å². The molecule has 1 spiro atoms. The van der Waals surface area contributed by atoms with Gasteiger partial charge in [0.2, 0.25) is 21.8 Å². The van der Waals surface area contributed by atoms with Crippen LogP contribution in [0.3, 0.4) is 0 Å². The van der Waals surface area contributed by atoms with Crippen molar-refractivity contribution < 1.29 is 27.9 Å². The molecular formula is C33H46N4O6S. The lowest BCUT2D eigenvalue weighted by Crippen LogP contribution is -2.75. The van der Waals surface area contributed by atoms with Gasteiger partial charge in [0.25, 0.3) is 0 Å². The van der Waals surface area contributed by atoms with Crippen LogP contribution >= 0.6 is 0 Å². The van der Waals surface area contributed by atoms with Crippen LogP contribution in [0, 0.1) is 5.92 Å². The number of nitrogens with zero attached hydrogens (tertiary/aromatic N) is 2. The zero-order valence-corrected chi connectivity index (χ0v) is 26.7. The summed E-state index contributed by atoms with van der Waals surface area (Å²) >= 11 is 0. The van der Waals surface area contributed by atoms with Crippen LogP contribution < -0.4 is 14.8 Å². The lowest BCUT2D eigenvalue weighted by molar-refractivity contribution is -0.166. The standard InChI is InChI=1S/C33H46N4O6S/c1-3-4-20-37-31(39)29(30(38)25-8-6-5-7-9-25)34-32(40)33(37)18-21-36(22-19-33)23-24-10-14-27(15-11-24)43-28-16-12-26(13-17-28)35-44(2,41)42/h10-17,25,29-30,35,38H,3-9,18-23H2,1-2H3,(H,34,40). The van der Waals surface area contributed by atoms with E-state index in [1.165, 1.54) is 0 Å². The zero-order chi connectivity index (χ0) is 31.3. The molecule has 2 aromatic rings. The van der Waals surface area contributed by atoms with Gasteiger partial charge in [-0.3, -0.25) is 19.2 Å². The second-order valence-corrected chi connectivity index (χ2v) is 14.4. The molecule has 1 saturated carbocycles. The molecule has 2 unspecified atom stereocenters. The fraction of sp³-hybridized carbons (Fsp3) is 0.576. The first kappa shape index (κ1) is 32.2. The Balaban J connectivity index is 1.18. The Morgan fingerprint density at radius 2 is 1.61 bits per heavy atom. The largest absolute Gasteiger partial charge is 0.457 e. The fourth-order valence-corrected chi connectivity index (χ4v) is 7.46. The number of piperazine rings is 1. The average molecular weight is 627 g/mol. The van der Waals surface area contributed by atoms with Crippen LogP contribution in [-0.4, -0.2) is 78.7 Å². The third-order valence-electron chi connectivity index (χ3n) is 9.37. The maximum atomic E-state index is 13.8. The zero-order valence-electron chi connectivity index (χ0n) is 25.8. The number of hydrogen-bond acceptors (Lipinski definition) is 7. The van der Waals surface area contributed by atoms with Gasteiger partial charge in [0.05, 0.1) is 12.4 Å². The Hall–Kier alpha value is -3.15. The molecule has 2 heterocycles. The highest BCUT2D eigenvalue weighted by atomic mass is 32.2. The molecule has 3 fully saturated rings. The molecule has 2 amide bonds. The van der Waals surface area contributed by atoms with E-state index in [-0.39, 0.29) is 17.7 Å². The molecule has 5 rings (SSSR count). The molecule has 1 aliphatic carbocycles. The molecule has 3 aliphatic rings. The molecule has 2 aromatic carbocycles. The van der Waals surface area contributed by atoms with Crippen molar-refractivity contribution in [1.82, 2.24) is 15.1 Å². The Morgan fingerprint density at radius 1 is 1.00 bits per heavy atom. The molecule has 44 heavy (non-hydrogen) atoms. The first-order valence-corrected chi connectivity index (χ1v) is 17.8. The summed E-state index contributed by atoms with van der Waals surface area (Å²) in [4.78, 5) is 31.7. The van der Waals surface area contributed by atoms with Crippen molar-refractivity contribution in [2.45, 2.75) is 88.9 Å². The normalized spacial score (nSPS) is 22.1. The molecule has 0 radical (unpaired) electrons. The molecular weight excluding hydrogens is 580 g/mol. The summed E-state index contributed by atoms with van der Waals surface area (Å²) < 4.78 is 31.2. The molecule has 2 atom stereocenters. The molecule has 240 valence electrons. The number of benzene rings is 2. The van der Waals surface area contributed by atoms with Gasteiger partial charge in [-0.25, -0.2) is 8.42 Å². The number of sulfonamides is 1. The summed E-state index contributed by atoms with van der Waals surface area (Å²) in [6.45, 7) is 4.71. The number of anilines is 1. The SMILES string of the molecule is CCCCN1C(=O)C(C(O)C2CCCCC2)NC(=O)C12CCN(Cc1ccc(Oc3ccc(NS(C)(=O)=O)cc3)cc1)CC2. The Kier molecular flexibility index (Phi) is 10.2. The monoisotopic (exact) mass is 626 g/mol. The highest BCUT2D eigenvalue weighted by Crippen LogP contribution is 2.36. The molecule has 11 heteroatoms. The predicted octanol–water partition coefficient (Wildman–Crippen LogP) is 4.25. The van der Waals surface area contributed by atoms with Crippen molar-refractivity contribution in [3.63, 3.8) is 0 Å². The minimum atomic E-state index is -3.34. The van der Waals surface area contributed by atoms with Gasteiger partial charge in [0.15, 0.2) is 0 Å². The number of carbonyl (C=O) groups is 2. The van der Waals surface area contributed by atoms with Gasteiger partial charge in [0.1, 0.15) is 23.1 Å². The number of unbranched alkanes of at least 4 members (excludes halogenated alkanes) is 1. The van der Waals surface area contributed by atoms with E-state index in [1.54, 1.807) is 24.3 Å². The van der Waals surface area contributed by atoms with Crippen molar-refractivity contribution in [1.29, 1.82) is 0 Å². The van der Waals surface area contributed by atoms with E-state index in [1.807, 2.05) is 29.2 Å². The summed E-state index contributed by atoms with van der Waals surface area (Å²) in [6, 6.07) is 13.7. The Labute approximate surface area is 261 Å². The van der Waals surface area contributed by atoms with Gasteiger partial charge < -0.3 is 20.1 Å². The number of aliphatic hydroxyl groups is 1. The molecule has 10 nitrogen and oxygen atoms in total. The quantitative estimate of drug-likeness (QED) is 0.340. The van der Waals surface area contributed by atoms with Crippen LogP contribution in [0.4, 0.5) is 5.69 Å². The molecule has 0 aromatic heterocycles. The van der Waals surface area contributed by atoms with Gasteiger partial charge >= 0.3 is 0 Å². The third kappa shape index (κ3) is 7.55. The summed E-state index contributed by atoms with van der Waals surface area (Å²) in [5, 5.41) is 14.2. The summed E-state index contributed by atoms with van der Waals surface area (Å²) in [6.07, 6.45) is 8.24. The van der Waals surface area contributed by atoms with Crippen LogP contribution in [0.25, 0.3) is 0 Å². The first-order valence-electron chi connectivity index (χ1n) is 16.0. The summed E-state index contributed by atoms with van der Waals surface area (Å²) in [5.74, 6) is 1.09. The minimum Gasteiger partial charge on any atom is -0.457 e. The Morgan fingerprint density at radius 3 is 2.20 bits per heavy atom. The topological polar surface area (TPSA) is 128 Å². The lowest BCUT2D eigenvalue weighted by Gasteiger charge is -2.52. The Bertz CT molecular complexity index is 1380. The average Bonchev–Trinajstić information content (AvgIpc) is 3.01. The van der Waals surface area contributed by atoms with Crippen molar-refractivity contribution in [2.75, 3.05) is 30.6 Å². The van der Waals surface area contributed by atoms with Crippen molar-refractivity contribution in [2.24, 2.45) is 5.92 Å². The number of aliphatic hydroxyl groups excluding tert-OH is 1. The van der Waals surface area contributed by atoms with E-state index in [2.05, 4.69) is 21.9 Å². The number of rotatable bonds is 11. The maximum absolute atomic E-state index is 13.8. The second kappa shape index (κ2) is 13.9. The van der Waals surface area contributed by atoms with Gasteiger partial charge in [-0.05, 0) is 80.0 Å². The number of ether oxygens (including phenoxy) is 1. The molecule has 0 bridgehead atoms.